The van der Waals surface area contributed by atoms with Gasteiger partial charge in [-0.2, -0.15) is 0 Å². The van der Waals surface area contributed by atoms with E-state index in [0.717, 1.165) is 4.90 Å². The van der Waals surface area contributed by atoms with E-state index in [1.165, 1.54) is 12.2 Å². The zero-order valence-corrected chi connectivity index (χ0v) is 21.3. The third-order valence-electron chi connectivity index (χ3n) is 4.77. The Morgan fingerprint density at radius 1 is 0.622 bits per heavy atom. The first kappa shape index (κ1) is 30.9. The van der Waals surface area contributed by atoms with Crippen LogP contribution in [-0.4, -0.2) is 131 Å². The Morgan fingerprint density at radius 3 is 1.46 bits per heavy atom. The molecule has 0 radical (unpaired) electrons. The van der Waals surface area contributed by atoms with E-state index in [1.54, 1.807) is 10.9 Å². The summed E-state index contributed by atoms with van der Waals surface area (Å²) < 4.78 is 39.4. The van der Waals surface area contributed by atoms with Crippen LogP contribution in [0, 0.1) is 0 Å². The van der Waals surface area contributed by atoms with Gasteiger partial charge in [0.25, 0.3) is 11.8 Å². The van der Waals surface area contributed by atoms with Gasteiger partial charge in [0.15, 0.2) is 0 Å². The van der Waals surface area contributed by atoms with Gasteiger partial charge in [0.1, 0.15) is 5.69 Å². The first-order valence-corrected chi connectivity index (χ1v) is 12.4. The lowest BCUT2D eigenvalue weighted by Crippen LogP contribution is -2.29. The molecule has 2 amide bonds. The van der Waals surface area contributed by atoms with Crippen molar-refractivity contribution in [3.05, 3.63) is 24.0 Å². The zero-order chi connectivity index (χ0) is 26.4. The van der Waals surface area contributed by atoms with Crippen LogP contribution >= 0.6 is 0 Å². The average molecular weight is 530 g/mol. The Labute approximate surface area is 216 Å². The summed E-state index contributed by atoms with van der Waals surface area (Å²) >= 11 is 0. The smallest absolute Gasteiger partial charge is 0.253 e. The molecule has 0 spiro atoms. The molecule has 0 unspecified atom stereocenters. The standard InChI is InChI=1S/C23H39N5O9/c24-3-5-31-7-9-33-11-13-35-15-17-37-18-16-36-14-12-34-10-8-32-6-4-27-19-21(25-26-27)20-28-22(29)1-2-23(28)30/h1-2,19H,3-18,20,24H2. The van der Waals surface area contributed by atoms with Crippen LogP contribution in [0.4, 0.5) is 0 Å². The summed E-state index contributed by atoms with van der Waals surface area (Å²) in [4.78, 5) is 24.3. The molecule has 14 nitrogen and oxygen atoms in total. The van der Waals surface area contributed by atoms with Crippen LogP contribution in [-0.2, 0) is 55.8 Å². The molecule has 1 aromatic heterocycles. The van der Waals surface area contributed by atoms with Crippen molar-refractivity contribution >= 4 is 11.8 Å². The number of aromatic nitrogens is 3. The molecule has 0 bridgehead atoms. The maximum absolute atomic E-state index is 11.6. The van der Waals surface area contributed by atoms with E-state index in [1.807, 2.05) is 0 Å². The van der Waals surface area contributed by atoms with Crippen molar-refractivity contribution in [1.29, 1.82) is 0 Å². The van der Waals surface area contributed by atoms with Crippen LogP contribution in [0.5, 0.6) is 0 Å². The SMILES string of the molecule is NCCOCCOCCOCCOCCOCCOCCOCCn1cc(CN2C(=O)C=CC2=O)nn1. The van der Waals surface area contributed by atoms with Gasteiger partial charge in [0, 0.05) is 18.7 Å². The summed E-state index contributed by atoms with van der Waals surface area (Å²) in [6.07, 6.45) is 4.17. The third kappa shape index (κ3) is 14.9. The van der Waals surface area contributed by atoms with Crippen LogP contribution in [0.2, 0.25) is 0 Å². The molecule has 0 aliphatic carbocycles. The molecule has 2 heterocycles. The van der Waals surface area contributed by atoms with Gasteiger partial charge < -0.3 is 38.9 Å². The van der Waals surface area contributed by atoms with Gasteiger partial charge in [-0.3, -0.25) is 14.5 Å². The number of carbonyl (C=O) groups excluding carboxylic acids is 2. The second-order valence-corrected chi connectivity index (χ2v) is 7.64. The molecule has 2 N–H and O–H groups in total. The Morgan fingerprint density at radius 2 is 1.03 bits per heavy atom. The Balaban J connectivity index is 1.27. The van der Waals surface area contributed by atoms with Gasteiger partial charge >= 0.3 is 0 Å². The van der Waals surface area contributed by atoms with Gasteiger partial charge in [-0.15, -0.1) is 5.10 Å². The normalized spacial score (nSPS) is 13.4. The Bertz CT molecular complexity index is 760. The Hall–Kier alpha value is -2.30. The van der Waals surface area contributed by atoms with E-state index >= 15 is 0 Å². The number of amides is 2. The van der Waals surface area contributed by atoms with Gasteiger partial charge in [0.05, 0.1) is 112 Å². The first-order valence-electron chi connectivity index (χ1n) is 12.4. The van der Waals surface area contributed by atoms with Crippen LogP contribution in [0.1, 0.15) is 5.69 Å². The van der Waals surface area contributed by atoms with Crippen LogP contribution < -0.4 is 5.73 Å². The maximum Gasteiger partial charge on any atom is 0.253 e. The number of imide groups is 1. The lowest BCUT2D eigenvalue weighted by Gasteiger charge is -2.10. The second-order valence-electron chi connectivity index (χ2n) is 7.64. The minimum absolute atomic E-state index is 0.103. The van der Waals surface area contributed by atoms with E-state index < -0.39 is 0 Å². The highest BCUT2D eigenvalue weighted by Gasteiger charge is 2.24. The first-order chi connectivity index (χ1) is 18.2. The van der Waals surface area contributed by atoms with Crippen molar-refractivity contribution in [1.82, 2.24) is 19.9 Å². The fourth-order valence-corrected chi connectivity index (χ4v) is 2.93. The van der Waals surface area contributed by atoms with Gasteiger partial charge in [-0.05, 0) is 0 Å². The maximum atomic E-state index is 11.6. The van der Waals surface area contributed by atoms with Crippen LogP contribution in [0.3, 0.4) is 0 Å². The monoisotopic (exact) mass is 529 g/mol. The molecule has 0 fully saturated rings. The third-order valence-corrected chi connectivity index (χ3v) is 4.77. The highest BCUT2D eigenvalue weighted by atomic mass is 16.6. The molecule has 0 saturated heterocycles. The molecule has 0 atom stereocenters. The van der Waals surface area contributed by atoms with Gasteiger partial charge in [0.2, 0.25) is 0 Å². The fraction of sp³-hybridized carbons (Fsp3) is 0.739. The number of hydrogen-bond donors (Lipinski definition) is 1. The van der Waals surface area contributed by atoms with Crippen molar-refractivity contribution in [3.63, 3.8) is 0 Å². The van der Waals surface area contributed by atoms with Crippen molar-refractivity contribution in [2.75, 3.05) is 99.0 Å². The van der Waals surface area contributed by atoms with Crippen molar-refractivity contribution in [3.8, 4) is 0 Å². The summed E-state index contributed by atoms with van der Waals surface area (Å²) in [6, 6.07) is 0. The van der Waals surface area contributed by atoms with E-state index in [-0.39, 0.29) is 18.4 Å². The van der Waals surface area contributed by atoms with Crippen molar-refractivity contribution in [2.24, 2.45) is 5.73 Å². The topological polar surface area (TPSA) is 159 Å². The molecule has 210 valence electrons. The molecule has 37 heavy (non-hydrogen) atoms. The molecule has 1 aromatic rings. The van der Waals surface area contributed by atoms with E-state index in [9.17, 15) is 9.59 Å². The van der Waals surface area contributed by atoms with E-state index in [4.69, 9.17) is 38.9 Å². The average Bonchev–Trinajstić information content (AvgIpc) is 3.48. The highest BCUT2D eigenvalue weighted by molar-refractivity contribution is 6.12. The molecule has 2 rings (SSSR count). The molecule has 0 aromatic carbocycles. The second kappa shape index (κ2) is 20.7. The predicted molar refractivity (Wildman–Crippen MR) is 130 cm³/mol. The largest absolute Gasteiger partial charge is 0.378 e. The summed E-state index contributed by atoms with van der Waals surface area (Å²) in [5, 5.41) is 7.95. The lowest BCUT2D eigenvalue weighted by molar-refractivity contribution is -0.137. The summed E-state index contributed by atoms with van der Waals surface area (Å²) in [6.45, 7) is 8.06. The van der Waals surface area contributed by atoms with Crippen LogP contribution in [0.25, 0.3) is 0 Å². The molecule has 0 saturated carbocycles. The highest BCUT2D eigenvalue weighted by Crippen LogP contribution is 2.08. The van der Waals surface area contributed by atoms with E-state index in [0.29, 0.717) is 111 Å². The molecular formula is C23H39N5O9. The quantitative estimate of drug-likeness (QED) is 0.119. The number of rotatable bonds is 25. The Kier molecular flexibility index (Phi) is 17.3. The minimum atomic E-state index is -0.345. The number of ether oxygens (including phenoxy) is 7. The molecule has 1 aliphatic heterocycles. The zero-order valence-electron chi connectivity index (χ0n) is 21.3. The summed E-state index contributed by atoms with van der Waals surface area (Å²) in [5.41, 5.74) is 5.85. The summed E-state index contributed by atoms with van der Waals surface area (Å²) in [5.74, 6) is -0.690. The van der Waals surface area contributed by atoms with Crippen molar-refractivity contribution in [2.45, 2.75) is 13.1 Å². The van der Waals surface area contributed by atoms with Gasteiger partial charge in [-0.25, -0.2) is 4.68 Å². The number of nitrogens with two attached hydrogens (primary N) is 1. The van der Waals surface area contributed by atoms with Crippen molar-refractivity contribution < 1.29 is 42.7 Å². The molecule has 14 heteroatoms. The number of hydrogen-bond acceptors (Lipinski definition) is 12. The fourth-order valence-electron chi connectivity index (χ4n) is 2.93. The summed E-state index contributed by atoms with van der Waals surface area (Å²) in [7, 11) is 0. The van der Waals surface area contributed by atoms with Gasteiger partial charge in [-0.1, -0.05) is 5.21 Å². The van der Waals surface area contributed by atoms with Crippen LogP contribution in [0.15, 0.2) is 18.3 Å². The molecule has 1 aliphatic rings. The lowest BCUT2D eigenvalue weighted by atomic mass is 10.4. The van der Waals surface area contributed by atoms with E-state index in [2.05, 4.69) is 10.3 Å². The number of nitrogens with zero attached hydrogens (tertiary/aromatic N) is 4. The minimum Gasteiger partial charge on any atom is -0.378 e. The number of carbonyl (C=O) groups is 2. The predicted octanol–water partition coefficient (Wildman–Crippen LogP) is -1.22. The molecular weight excluding hydrogens is 490 g/mol.